The molecule has 0 spiro atoms. The summed E-state index contributed by atoms with van der Waals surface area (Å²) >= 11 is -4.71. The first-order valence-corrected chi connectivity index (χ1v) is 23.1. The second kappa shape index (κ2) is 14.6. The third kappa shape index (κ3) is 5.98. The molecule has 0 saturated carbocycles. The Bertz CT molecular complexity index is 2480. The van der Waals surface area contributed by atoms with Crippen LogP contribution in [0.25, 0.3) is 33.4 Å². The van der Waals surface area contributed by atoms with Crippen molar-refractivity contribution in [2.45, 2.75) is 68.2 Å². The summed E-state index contributed by atoms with van der Waals surface area (Å²) in [5.41, 5.74) is 21.5. The summed E-state index contributed by atoms with van der Waals surface area (Å²) in [4.78, 5) is 5.84. The van der Waals surface area contributed by atoms with Crippen LogP contribution in [0.4, 0.5) is 0 Å². The van der Waals surface area contributed by atoms with Crippen LogP contribution in [0.5, 0.6) is 0 Å². The minimum atomic E-state index is -4.71. The third-order valence-electron chi connectivity index (χ3n) is 12.4. The average molecular weight is 784 g/mol. The summed E-state index contributed by atoms with van der Waals surface area (Å²) in [6.07, 6.45) is 8.88. The van der Waals surface area contributed by atoms with Crippen LogP contribution in [-0.2, 0) is 21.3 Å². The molecule has 6 aromatic rings. The van der Waals surface area contributed by atoms with Crippen LogP contribution in [0.2, 0.25) is 0 Å². The Hall–Kier alpha value is -4.04. The monoisotopic (exact) mass is 782 g/mol. The van der Waals surface area contributed by atoms with E-state index in [-0.39, 0.29) is 24.8 Å². The van der Waals surface area contributed by atoms with Gasteiger partial charge in [-0.1, -0.05) is 0 Å². The fourth-order valence-electron chi connectivity index (χ4n) is 10.2. The number of allylic oxidation sites excluding steroid dienone is 4. The maximum atomic E-state index is 5.84. The summed E-state index contributed by atoms with van der Waals surface area (Å²) in [7, 11) is 0. The molecule has 0 unspecified atom stereocenters. The molecule has 0 atom stereocenters. The normalized spacial score (nSPS) is 13.2. The molecule has 0 bridgehead atoms. The number of rotatable bonds is 6. The maximum absolute atomic E-state index is 5.84. The van der Waals surface area contributed by atoms with Gasteiger partial charge in [-0.15, -0.1) is 24.8 Å². The van der Waals surface area contributed by atoms with Crippen molar-refractivity contribution in [1.82, 2.24) is 0 Å². The van der Waals surface area contributed by atoms with Crippen molar-refractivity contribution in [3.8, 4) is 33.4 Å². The Labute approximate surface area is 336 Å². The van der Waals surface area contributed by atoms with Gasteiger partial charge in [0.25, 0.3) is 0 Å². The minimum absolute atomic E-state index is 0. The molecule has 6 aromatic carbocycles. The van der Waals surface area contributed by atoms with Crippen molar-refractivity contribution in [3.63, 3.8) is 0 Å². The van der Waals surface area contributed by atoms with E-state index >= 15 is 0 Å². The van der Waals surface area contributed by atoms with Crippen molar-refractivity contribution in [2.24, 2.45) is 0 Å². The van der Waals surface area contributed by atoms with Crippen molar-refractivity contribution >= 4 is 41.2 Å². The van der Waals surface area contributed by atoms with E-state index in [2.05, 4.69) is 177 Å². The molecule has 0 nitrogen and oxygen atoms in total. The van der Waals surface area contributed by atoms with Crippen molar-refractivity contribution in [1.29, 1.82) is 0 Å². The van der Waals surface area contributed by atoms with Crippen LogP contribution >= 0.6 is 24.8 Å². The Morgan fingerprint density at radius 3 is 1.48 bits per heavy atom. The first kappa shape index (κ1) is 39.7. The van der Waals surface area contributed by atoms with Gasteiger partial charge < -0.3 is 0 Å². The van der Waals surface area contributed by atoms with Gasteiger partial charge in [-0.2, -0.15) is 0 Å². The Kier molecular flexibility index (Phi) is 10.7. The molecule has 8 rings (SSSR count). The molecule has 0 saturated heterocycles. The average Bonchev–Trinajstić information content (AvgIpc) is 3.77. The van der Waals surface area contributed by atoms with Gasteiger partial charge in [0.1, 0.15) is 0 Å². The molecule has 0 N–H and O–H groups in total. The van der Waals surface area contributed by atoms with E-state index in [1.54, 1.807) is 0 Å². The predicted molar refractivity (Wildman–Crippen MR) is 239 cm³/mol. The van der Waals surface area contributed by atoms with Crippen LogP contribution in [-0.4, -0.2) is 4.82 Å². The Morgan fingerprint density at radius 2 is 0.981 bits per heavy atom. The first-order valence-electron chi connectivity index (χ1n) is 18.9. The van der Waals surface area contributed by atoms with E-state index in [0.29, 0.717) is 0 Å². The molecule has 0 aromatic heterocycles. The van der Waals surface area contributed by atoms with Gasteiger partial charge in [0, 0.05) is 0 Å². The quantitative estimate of drug-likeness (QED) is 0.147. The zero-order valence-electron chi connectivity index (χ0n) is 33.0. The van der Waals surface area contributed by atoms with Gasteiger partial charge in [0.2, 0.25) is 0 Å². The first-order chi connectivity index (χ1) is 24.9. The van der Waals surface area contributed by atoms with Gasteiger partial charge in [-0.25, -0.2) is 0 Å². The van der Waals surface area contributed by atoms with Crippen LogP contribution < -0.4 is 11.6 Å². The predicted octanol–water partition coefficient (Wildman–Crippen LogP) is 12.1. The van der Waals surface area contributed by atoms with Crippen molar-refractivity contribution in [3.05, 3.63) is 181 Å². The Balaban J connectivity index is 0.00000249. The molecule has 54 heavy (non-hydrogen) atoms. The van der Waals surface area contributed by atoms with Crippen LogP contribution in [0, 0.1) is 55.4 Å². The van der Waals surface area contributed by atoms with Crippen molar-refractivity contribution < 1.29 is 14.8 Å². The number of fused-ring (bicyclic) bond motifs is 3. The molecule has 0 amide bonds. The molecule has 0 fully saturated rings. The SMILES string of the molecule is Cl.Cl.[CH2]=[Ti]([C]1=CC=CC1)([c]1ccc(C)cc1)([c]1ccc(C)cc1)[c]1c(-c2c(C)cc(C)cc2C)ccc2c1Cc1cc(-c3c(C)cc(C)cc3C)ccc1-2. The summed E-state index contributed by atoms with van der Waals surface area (Å²) in [5, 5.41) is 0. The van der Waals surface area contributed by atoms with Gasteiger partial charge in [0.15, 0.2) is 0 Å². The van der Waals surface area contributed by atoms with E-state index in [1.807, 2.05) is 0 Å². The summed E-state index contributed by atoms with van der Waals surface area (Å²) in [5.74, 6) is 0. The van der Waals surface area contributed by atoms with Crippen LogP contribution in [0.15, 0.2) is 125 Å². The summed E-state index contributed by atoms with van der Waals surface area (Å²) in [6.45, 7) is 17.9. The fourth-order valence-corrected chi connectivity index (χ4v) is 20.4. The Morgan fingerprint density at radius 1 is 0.500 bits per heavy atom. The molecule has 0 radical (unpaired) electrons. The van der Waals surface area contributed by atoms with Gasteiger partial charge in [-0.05, 0) is 0 Å². The van der Waals surface area contributed by atoms with Gasteiger partial charge >= 0.3 is 314 Å². The molecular weight excluding hydrogens is 731 g/mol. The summed E-state index contributed by atoms with van der Waals surface area (Å²) in [6, 6.07) is 40.5. The third-order valence-corrected chi connectivity index (χ3v) is 22.8. The number of aryl methyl sites for hydroxylation is 8. The van der Waals surface area contributed by atoms with Crippen LogP contribution in [0.3, 0.4) is 0 Å². The molecule has 3 heteroatoms. The standard InChI is InChI=1S/C31H29.2C7H7.C5H5.CH2.2ClH.Ti/c1-18-11-20(3)30(21(4)12-18)24-7-9-28-26(15-24)17-27-16-25(8-10-29(27)28)31-22(5)13-19(2)14-23(31)6;2*1-7-5-3-2-4-6-7;1-2-4-5-3-1;;;;/h7-15H,17H2,1-6H3;2*3-6H,1H3;1-3H,4H2;1H2;2*1H;. The van der Waals surface area contributed by atoms with Crippen molar-refractivity contribution in [2.75, 3.05) is 0 Å². The van der Waals surface area contributed by atoms with E-state index in [0.717, 1.165) is 12.8 Å². The second-order valence-electron chi connectivity index (χ2n) is 16.1. The van der Waals surface area contributed by atoms with E-state index in [9.17, 15) is 0 Å². The van der Waals surface area contributed by atoms with Crippen LogP contribution in [0.1, 0.15) is 62.1 Å². The number of halogens is 2. The number of hydrogen-bond acceptors (Lipinski definition) is 0. The molecule has 0 aliphatic heterocycles. The van der Waals surface area contributed by atoms with Gasteiger partial charge in [0.05, 0.1) is 0 Å². The molecular formula is C51H52Cl2Ti. The molecule has 2 aliphatic rings. The fraction of sp³-hybridized carbons (Fsp3) is 0.196. The molecule has 0 heterocycles. The summed E-state index contributed by atoms with van der Waals surface area (Å²) < 4.78 is 5.76. The number of hydrogen-bond donors (Lipinski definition) is 0. The topological polar surface area (TPSA) is 0 Å². The molecule has 274 valence electrons. The number of benzene rings is 6. The zero-order chi connectivity index (χ0) is 36.6. The van der Waals surface area contributed by atoms with Gasteiger partial charge in [-0.3, -0.25) is 0 Å². The van der Waals surface area contributed by atoms with E-state index < -0.39 is 14.8 Å². The zero-order valence-corrected chi connectivity index (χ0v) is 36.2. The molecule has 2 aliphatic carbocycles. The van der Waals surface area contributed by atoms with E-state index in [1.165, 1.54) is 104 Å². The van der Waals surface area contributed by atoms with E-state index in [4.69, 9.17) is 4.82 Å². The second-order valence-corrected chi connectivity index (χ2v) is 24.3.